The number of amides is 3. The second-order valence-corrected chi connectivity index (χ2v) is 7.53. The van der Waals surface area contributed by atoms with E-state index < -0.39 is 24.1 Å². The van der Waals surface area contributed by atoms with Gasteiger partial charge in [-0.2, -0.15) is 0 Å². The summed E-state index contributed by atoms with van der Waals surface area (Å²) >= 11 is 0. The maximum Gasteiger partial charge on any atom is 0.408 e. The normalized spacial score (nSPS) is 21.0. The van der Waals surface area contributed by atoms with Gasteiger partial charge in [-0.05, 0) is 57.8 Å². The van der Waals surface area contributed by atoms with E-state index in [2.05, 4.69) is 11.9 Å². The fraction of sp³-hybridized carbons (Fsp3) is 0.750. The highest BCUT2D eigenvalue weighted by Crippen LogP contribution is 2.22. The molecule has 7 heteroatoms. The Hall–Kier alpha value is -2.05. The molecule has 2 atom stereocenters. The predicted octanol–water partition coefficient (Wildman–Crippen LogP) is 2.64. The first-order valence-corrected chi connectivity index (χ1v) is 10.2. The van der Waals surface area contributed by atoms with Crippen LogP contribution in [0.25, 0.3) is 0 Å². The number of nitrogens with two attached hydrogens (primary N) is 1. The van der Waals surface area contributed by atoms with Gasteiger partial charge in [-0.25, -0.2) is 4.79 Å². The molecule has 0 aromatic carbocycles. The molecule has 0 aromatic heterocycles. The lowest BCUT2D eigenvalue weighted by atomic mass is 10.1. The molecule has 1 aliphatic carbocycles. The molecule has 7 nitrogen and oxygen atoms in total. The van der Waals surface area contributed by atoms with Crippen LogP contribution in [0, 0.1) is 0 Å². The third kappa shape index (κ3) is 6.56. The summed E-state index contributed by atoms with van der Waals surface area (Å²) in [5.41, 5.74) is 5.44. The summed E-state index contributed by atoms with van der Waals surface area (Å²) in [6.07, 6.45) is 10.7. The molecule has 3 N–H and O–H groups in total. The van der Waals surface area contributed by atoms with Crippen LogP contribution in [0.15, 0.2) is 12.7 Å². The molecular weight excluding hydrogens is 346 g/mol. The minimum atomic E-state index is -0.678. The molecule has 3 amide bonds. The van der Waals surface area contributed by atoms with Gasteiger partial charge in [0.25, 0.3) is 0 Å². The van der Waals surface area contributed by atoms with Crippen LogP contribution in [0.2, 0.25) is 0 Å². The van der Waals surface area contributed by atoms with Crippen molar-refractivity contribution in [2.75, 3.05) is 6.54 Å². The number of allylic oxidation sites excluding steroid dienone is 1. The van der Waals surface area contributed by atoms with Crippen LogP contribution < -0.4 is 11.1 Å². The van der Waals surface area contributed by atoms with Gasteiger partial charge in [0.15, 0.2) is 0 Å². The van der Waals surface area contributed by atoms with E-state index in [0.717, 1.165) is 57.8 Å². The fourth-order valence-corrected chi connectivity index (χ4v) is 3.93. The molecule has 1 saturated carbocycles. The summed E-state index contributed by atoms with van der Waals surface area (Å²) in [6, 6.07) is -1.25. The lowest BCUT2D eigenvalue weighted by Crippen LogP contribution is -2.53. The highest BCUT2D eigenvalue weighted by Gasteiger charge is 2.36. The Kier molecular flexibility index (Phi) is 8.61. The Morgan fingerprint density at radius 1 is 1.15 bits per heavy atom. The van der Waals surface area contributed by atoms with Crippen LogP contribution >= 0.6 is 0 Å². The zero-order valence-corrected chi connectivity index (χ0v) is 16.2. The molecular formula is C20H33N3O4. The van der Waals surface area contributed by atoms with Gasteiger partial charge in [-0.3, -0.25) is 9.59 Å². The Morgan fingerprint density at radius 2 is 1.89 bits per heavy atom. The number of nitrogens with zero attached hydrogens (tertiary/aromatic N) is 1. The lowest BCUT2D eigenvalue weighted by molar-refractivity contribution is -0.139. The van der Waals surface area contributed by atoms with Gasteiger partial charge >= 0.3 is 6.09 Å². The number of alkyl carbamates (subject to hydrolysis) is 1. The van der Waals surface area contributed by atoms with Gasteiger partial charge in [-0.15, -0.1) is 6.58 Å². The largest absolute Gasteiger partial charge is 0.446 e. The van der Waals surface area contributed by atoms with Gasteiger partial charge in [0.2, 0.25) is 11.8 Å². The van der Waals surface area contributed by atoms with Crippen molar-refractivity contribution in [2.24, 2.45) is 5.73 Å². The lowest BCUT2D eigenvalue weighted by Gasteiger charge is -2.28. The number of ether oxygens (including phenoxy) is 1. The zero-order chi connectivity index (χ0) is 19.6. The topological polar surface area (TPSA) is 102 Å². The summed E-state index contributed by atoms with van der Waals surface area (Å²) in [7, 11) is 0. The van der Waals surface area contributed by atoms with Crippen molar-refractivity contribution in [2.45, 2.75) is 88.8 Å². The van der Waals surface area contributed by atoms with E-state index >= 15 is 0 Å². The monoisotopic (exact) mass is 379 g/mol. The fourth-order valence-electron chi connectivity index (χ4n) is 3.93. The number of carbonyl (C=O) groups is 3. The summed E-state index contributed by atoms with van der Waals surface area (Å²) in [4.78, 5) is 38.4. The summed E-state index contributed by atoms with van der Waals surface area (Å²) in [5, 5.41) is 2.75. The molecule has 2 fully saturated rings. The number of likely N-dealkylation sites (tertiary alicyclic amines) is 1. The molecule has 0 spiro atoms. The van der Waals surface area contributed by atoms with Gasteiger partial charge in [0, 0.05) is 6.54 Å². The molecule has 0 unspecified atom stereocenters. The Labute approximate surface area is 161 Å². The summed E-state index contributed by atoms with van der Waals surface area (Å²) in [6.45, 7) is 4.21. The SMILES string of the molecule is C=CCCCCC[C@H](NC(=O)OC1CCCC1)C(=O)N1CCC[C@H]1C(N)=O. The summed E-state index contributed by atoms with van der Waals surface area (Å²) in [5.74, 6) is -0.720. The van der Waals surface area contributed by atoms with Crippen LogP contribution in [-0.2, 0) is 14.3 Å². The Bertz CT molecular complexity index is 531. The van der Waals surface area contributed by atoms with Crippen LogP contribution in [0.5, 0.6) is 0 Å². The standard InChI is InChI=1S/C20H33N3O4/c1-2-3-4-5-6-12-16(22-20(26)27-15-10-7-8-11-15)19(25)23-14-9-13-17(23)18(21)24/h2,15-17H,1,3-14H2,(H2,21,24)(H,22,26)/t16-,17-/m0/s1. The molecule has 152 valence electrons. The minimum Gasteiger partial charge on any atom is -0.446 e. The van der Waals surface area contributed by atoms with Crippen molar-refractivity contribution in [3.63, 3.8) is 0 Å². The van der Waals surface area contributed by atoms with E-state index in [9.17, 15) is 14.4 Å². The molecule has 0 radical (unpaired) electrons. The van der Waals surface area contributed by atoms with Gasteiger partial charge in [0.05, 0.1) is 0 Å². The smallest absolute Gasteiger partial charge is 0.408 e. The first-order chi connectivity index (χ1) is 13.0. The van der Waals surface area contributed by atoms with Crippen molar-refractivity contribution >= 4 is 17.9 Å². The van der Waals surface area contributed by atoms with Gasteiger partial charge < -0.3 is 20.7 Å². The number of unbranched alkanes of at least 4 members (excludes halogenated alkanes) is 3. The molecule has 27 heavy (non-hydrogen) atoms. The van der Waals surface area contributed by atoms with E-state index in [1.165, 1.54) is 4.90 Å². The molecule has 0 bridgehead atoms. The number of hydrogen-bond acceptors (Lipinski definition) is 4. The number of primary amides is 1. The molecule has 2 aliphatic rings. The molecule has 2 rings (SSSR count). The van der Waals surface area contributed by atoms with E-state index in [1.807, 2.05) is 6.08 Å². The van der Waals surface area contributed by atoms with E-state index in [4.69, 9.17) is 10.5 Å². The molecule has 1 saturated heterocycles. The molecule has 1 aliphatic heterocycles. The summed E-state index contributed by atoms with van der Waals surface area (Å²) < 4.78 is 5.45. The highest BCUT2D eigenvalue weighted by atomic mass is 16.6. The average Bonchev–Trinajstić information content (AvgIpc) is 3.31. The highest BCUT2D eigenvalue weighted by molar-refractivity contribution is 5.91. The number of rotatable bonds is 10. The van der Waals surface area contributed by atoms with Gasteiger partial charge in [-0.1, -0.05) is 18.9 Å². The number of nitrogens with one attached hydrogen (secondary N) is 1. The van der Waals surface area contributed by atoms with Crippen molar-refractivity contribution in [3.8, 4) is 0 Å². The van der Waals surface area contributed by atoms with Crippen LogP contribution in [0.3, 0.4) is 0 Å². The quantitative estimate of drug-likeness (QED) is 0.450. The van der Waals surface area contributed by atoms with Crippen LogP contribution in [0.4, 0.5) is 4.79 Å². The third-order valence-electron chi connectivity index (χ3n) is 5.43. The zero-order valence-electron chi connectivity index (χ0n) is 16.2. The predicted molar refractivity (Wildman–Crippen MR) is 103 cm³/mol. The van der Waals surface area contributed by atoms with Crippen LogP contribution in [0.1, 0.15) is 70.6 Å². The maximum atomic E-state index is 13.0. The van der Waals surface area contributed by atoms with Crippen molar-refractivity contribution < 1.29 is 19.1 Å². The Balaban J connectivity index is 1.94. The minimum absolute atomic E-state index is 0.0569. The van der Waals surface area contributed by atoms with E-state index in [-0.39, 0.29) is 12.0 Å². The second kappa shape index (κ2) is 10.9. The average molecular weight is 380 g/mol. The third-order valence-corrected chi connectivity index (χ3v) is 5.43. The Morgan fingerprint density at radius 3 is 2.56 bits per heavy atom. The second-order valence-electron chi connectivity index (χ2n) is 7.53. The maximum absolute atomic E-state index is 13.0. The number of hydrogen-bond donors (Lipinski definition) is 2. The van der Waals surface area contributed by atoms with Crippen molar-refractivity contribution in [1.82, 2.24) is 10.2 Å². The van der Waals surface area contributed by atoms with Crippen molar-refractivity contribution in [3.05, 3.63) is 12.7 Å². The first-order valence-electron chi connectivity index (χ1n) is 10.2. The van der Waals surface area contributed by atoms with Crippen molar-refractivity contribution in [1.29, 1.82) is 0 Å². The van der Waals surface area contributed by atoms with Gasteiger partial charge in [0.1, 0.15) is 18.2 Å². The number of carbonyl (C=O) groups excluding carboxylic acids is 3. The van der Waals surface area contributed by atoms with Crippen LogP contribution in [-0.4, -0.2) is 47.5 Å². The van der Waals surface area contributed by atoms with E-state index in [1.54, 1.807) is 0 Å². The molecule has 1 heterocycles. The first kappa shape index (κ1) is 21.3. The molecule has 0 aromatic rings. The van der Waals surface area contributed by atoms with E-state index in [0.29, 0.717) is 19.4 Å².